The molecule has 0 radical (unpaired) electrons. The van der Waals surface area contributed by atoms with Gasteiger partial charge in [-0.15, -0.1) is 0 Å². The Kier molecular flexibility index (Phi) is 1.85. The van der Waals surface area contributed by atoms with Crippen LogP contribution in [0.25, 0.3) is 0 Å². The van der Waals surface area contributed by atoms with Gasteiger partial charge >= 0.3 is 0 Å². The molecule has 0 amide bonds. The van der Waals surface area contributed by atoms with E-state index in [2.05, 4.69) is 5.32 Å². The molecule has 1 aromatic carbocycles. The van der Waals surface area contributed by atoms with Gasteiger partial charge in [-0.25, -0.2) is 4.39 Å². The lowest BCUT2D eigenvalue weighted by Crippen LogP contribution is -2.35. The third kappa shape index (κ3) is 1.23. The van der Waals surface area contributed by atoms with Gasteiger partial charge < -0.3 is 5.32 Å². The van der Waals surface area contributed by atoms with E-state index in [-0.39, 0.29) is 5.82 Å². The summed E-state index contributed by atoms with van der Waals surface area (Å²) in [7, 11) is 0. The Bertz CT molecular complexity index is 292. The smallest absolute Gasteiger partial charge is 0.123 e. The zero-order chi connectivity index (χ0) is 8.55. The van der Waals surface area contributed by atoms with E-state index in [0.717, 1.165) is 12.1 Å². The fraction of sp³-hybridized carbons (Fsp3) is 0.400. The van der Waals surface area contributed by atoms with Crippen molar-refractivity contribution in [1.29, 1.82) is 0 Å². The second-order valence-corrected chi connectivity index (χ2v) is 3.30. The van der Waals surface area contributed by atoms with E-state index in [1.165, 1.54) is 18.1 Å². The zero-order valence-electron chi connectivity index (χ0n) is 7.10. The van der Waals surface area contributed by atoms with Gasteiger partial charge in [-0.3, -0.25) is 0 Å². The molecule has 0 bridgehead atoms. The Morgan fingerprint density at radius 2 is 2.25 bits per heavy atom. The molecule has 2 rings (SSSR count). The molecule has 0 aromatic heterocycles. The van der Waals surface area contributed by atoms with E-state index in [0.29, 0.717) is 6.04 Å². The van der Waals surface area contributed by atoms with Crippen molar-refractivity contribution in [2.45, 2.75) is 19.4 Å². The average molecular weight is 165 g/mol. The van der Waals surface area contributed by atoms with E-state index in [1.807, 2.05) is 13.0 Å². The highest BCUT2D eigenvalue weighted by molar-refractivity contribution is 5.30. The quantitative estimate of drug-likeness (QED) is 0.672. The lowest BCUT2D eigenvalue weighted by atomic mass is 9.94. The number of aryl methyl sites for hydroxylation is 1. The van der Waals surface area contributed by atoms with Gasteiger partial charge in [0.15, 0.2) is 0 Å². The van der Waals surface area contributed by atoms with Crippen LogP contribution in [0.2, 0.25) is 0 Å². The first-order chi connectivity index (χ1) is 5.77. The number of benzene rings is 1. The highest BCUT2D eigenvalue weighted by atomic mass is 19.1. The fourth-order valence-corrected chi connectivity index (χ4v) is 1.58. The van der Waals surface area contributed by atoms with Crippen LogP contribution in [0.15, 0.2) is 18.2 Å². The summed E-state index contributed by atoms with van der Waals surface area (Å²) in [4.78, 5) is 0. The molecular weight excluding hydrogens is 153 g/mol. The van der Waals surface area contributed by atoms with Gasteiger partial charge in [0.25, 0.3) is 0 Å². The van der Waals surface area contributed by atoms with E-state index in [9.17, 15) is 4.39 Å². The summed E-state index contributed by atoms with van der Waals surface area (Å²) < 4.78 is 12.7. The van der Waals surface area contributed by atoms with Crippen LogP contribution in [0.1, 0.15) is 23.6 Å². The summed E-state index contributed by atoms with van der Waals surface area (Å²) in [5.41, 5.74) is 2.29. The minimum atomic E-state index is -0.143. The molecular formula is C10H12FN. The lowest BCUT2D eigenvalue weighted by molar-refractivity contribution is 0.381. The summed E-state index contributed by atoms with van der Waals surface area (Å²) in [6.07, 6.45) is 1.17. The number of hydrogen-bond acceptors (Lipinski definition) is 1. The summed E-state index contributed by atoms with van der Waals surface area (Å²) in [5.74, 6) is -0.143. The Morgan fingerprint density at radius 3 is 2.75 bits per heavy atom. The summed E-state index contributed by atoms with van der Waals surface area (Å²) >= 11 is 0. The number of halogens is 1. The van der Waals surface area contributed by atoms with Crippen molar-refractivity contribution in [2.75, 3.05) is 6.54 Å². The number of nitrogens with one attached hydrogen (secondary N) is 1. The SMILES string of the molecule is Cc1cc(F)ccc1[C@@H]1CCN1. The van der Waals surface area contributed by atoms with Crippen LogP contribution in [0, 0.1) is 12.7 Å². The highest BCUT2D eigenvalue weighted by Crippen LogP contribution is 2.25. The highest BCUT2D eigenvalue weighted by Gasteiger charge is 2.19. The molecule has 0 spiro atoms. The first-order valence-electron chi connectivity index (χ1n) is 4.27. The molecule has 1 aliphatic rings. The molecule has 1 aliphatic heterocycles. The molecule has 12 heavy (non-hydrogen) atoms. The van der Waals surface area contributed by atoms with Crippen LogP contribution in [-0.4, -0.2) is 6.54 Å². The van der Waals surface area contributed by atoms with Crippen molar-refractivity contribution in [1.82, 2.24) is 5.32 Å². The average Bonchev–Trinajstić information content (AvgIpc) is 1.91. The monoisotopic (exact) mass is 165 g/mol. The standard InChI is InChI=1S/C10H12FN/c1-7-6-8(11)2-3-9(7)10-4-5-12-10/h2-3,6,10,12H,4-5H2,1H3/t10-/m0/s1. The van der Waals surface area contributed by atoms with Gasteiger partial charge in [0.1, 0.15) is 5.82 Å². The van der Waals surface area contributed by atoms with Crippen molar-refractivity contribution in [2.24, 2.45) is 0 Å². The molecule has 0 saturated carbocycles. The van der Waals surface area contributed by atoms with Crippen LogP contribution < -0.4 is 5.32 Å². The Hall–Kier alpha value is -0.890. The topological polar surface area (TPSA) is 12.0 Å². The molecule has 2 heteroatoms. The van der Waals surface area contributed by atoms with E-state index in [1.54, 1.807) is 6.07 Å². The second kappa shape index (κ2) is 2.87. The predicted octanol–water partition coefficient (Wildman–Crippen LogP) is 2.17. The van der Waals surface area contributed by atoms with Crippen molar-refractivity contribution in [3.63, 3.8) is 0 Å². The first-order valence-corrected chi connectivity index (χ1v) is 4.27. The molecule has 1 nitrogen and oxygen atoms in total. The van der Waals surface area contributed by atoms with Gasteiger partial charge in [-0.1, -0.05) is 6.07 Å². The van der Waals surface area contributed by atoms with Crippen LogP contribution in [-0.2, 0) is 0 Å². The summed E-state index contributed by atoms with van der Waals surface area (Å²) in [6.45, 7) is 3.04. The van der Waals surface area contributed by atoms with Gasteiger partial charge in [0.2, 0.25) is 0 Å². The number of rotatable bonds is 1. The summed E-state index contributed by atoms with van der Waals surface area (Å²) in [5, 5.41) is 3.30. The Morgan fingerprint density at radius 1 is 1.50 bits per heavy atom. The molecule has 64 valence electrons. The van der Waals surface area contributed by atoms with Crippen molar-refractivity contribution >= 4 is 0 Å². The van der Waals surface area contributed by atoms with Crippen molar-refractivity contribution in [3.05, 3.63) is 35.1 Å². The van der Waals surface area contributed by atoms with Crippen LogP contribution in [0.3, 0.4) is 0 Å². The Labute approximate surface area is 71.6 Å². The third-order valence-electron chi connectivity index (χ3n) is 2.43. The van der Waals surface area contributed by atoms with Crippen molar-refractivity contribution in [3.8, 4) is 0 Å². The fourth-order valence-electron chi connectivity index (χ4n) is 1.58. The van der Waals surface area contributed by atoms with Gasteiger partial charge in [0.05, 0.1) is 0 Å². The molecule has 1 N–H and O–H groups in total. The van der Waals surface area contributed by atoms with Crippen LogP contribution in [0.5, 0.6) is 0 Å². The van der Waals surface area contributed by atoms with Gasteiger partial charge in [-0.2, -0.15) is 0 Å². The lowest BCUT2D eigenvalue weighted by Gasteiger charge is -2.29. The second-order valence-electron chi connectivity index (χ2n) is 3.30. The third-order valence-corrected chi connectivity index (χ3v) is 2.43. The van der Waals surface area contributed by atoms with Gasteiger partial charge in [0, 0.05) is 6.04 Å². The molecule has 1 fully saturated rings. The molecule has 1 heterocycles. The predicted molar refractivity (Wildman–Crippen MR) is 46.5 cm³/mol. The van der Waals surface area contributed by atoms with Crippen LogP contribution >= 0.6 is 0 Å². The molecule has 1 saturated heterocycles. The van der Waals surface area contributed by atoms with E-state index in [4.69, 9.17) is 0 Å². The zero-order valence-corrected chi connectivity index (χ0v) is 7.10. The maximum Gasteiger partial charge on any atom is 0.123 e. The minimum Gasteiger partial charge on any atom is -0.310 e. The van der Waals surface area contributed by atoms with Crippen molar-refractivity contribution < 1.29 is 4.39 Å². The molecule has 0 unspecified atom stereocenters. The maximum atomic E-state index is 12.7. The van der Waals surface area contributed by atoms with E-state index < -0.39 is 0 Å². The van der Waals surface area contributed by atoms with Gasteiger partial charge in [-0.05, 0) is 43.1 Å². The number of hydrogen-bond donors (Lipinski definition) is 1. The largest absolute Gasteiger partial charge is 0.310 e. The molecule has 1 aromatic rings. The molecule has 1 atom stereocenters. The first kappa shape index (κ1) is 7.74. The van der Waals surface area contributed by atoms with Crippen LogP contribution in [0.4, 0.5) is 4.39 Å². The Balaban J connectivity index is 2.31. The molecule has 0 aliphatic carbocycles. The summed E-state index contributed by atoms with van der Waals surface area (Å²) in [6, 6.07) is 5.46. The maximum absolute atomic E-state index is 12.7. The minimum absolute atomic E-state index is 0.143. The van der Waals surface area contributed by atoms with E-state index >= 15 is 0 Å². The normalized spacial score (nSPS) is 22.0.